The Labute approximate surface area is 196 Å². The lowest BCUT2D eigenvalue weighted by Gasteiger charge is -2.31. The van der Waals surface area contributed by atoms with E-state index in [4.69, 9.17) is 4.74 Å². The first-order chi connectivity index (χ1) is 16.3. The van der Waals surface area contributed by atoms with Crippen molar-refractivity contribution in [1.29, 1.82) is 0 Å². The Hall–Kier alpha value is -2.94. The van der Waals surface area contributed by atoms with Crippen LogP contribution in [0.3, 0.4) is 0 Å². The number of rotatable bonds is 7. The third-order valence-electron chi connectivity index (χ3n) is 5.38. The molecule has 1 N–H and O–H groups in total. The summed E-state index contributed by atoms with van der Waals surface area (Å²) < 4.78 is 116. The summed E-state index contributed by atoms with van der Waals surface area (Å²) in [5, 5.41) is 2.41. The minimum atomic E-state index is -5.03. The third kappa shape index (κ3) is 5.34. The number of ether oxygens (including phenoxy) is 2. The van der Waals surface area contributed by atoms with E-state index in [1.807, 2.05) is 0 Å². The summed E-state index contributed by atoms with van der Waals surface area (Å²) in [5.74, 6) is -5.87. The standard InChI is InChI=1S/C20H18F7N3O4S/c1-33-19(20(25,26)27)8-13(17(31)29-10-5-6-28-14(7-10)35(2)32)30(9-19)12-4-3-11(21)15(22)16(12)34-18(23)24/h3-7,13,18H,8-9H2,1-2H3,(H,28,29,31). The number of halogens is 7. The molecule has 1 fully saturated rings. The zero-order valence-electron chi connectivity index (χ0n) is 18.0. The van der Waals surface area contributed by atoms with E-state index < -0.39 is 77.2 Å². The molecule has 1 aromatic carbocycles. The predicted molar refractivity (Wildman–Crippen MR) is 110 cm³/mol. The maximum Gasteiger partial charge on any atom is 0.419 e. The van der Waals surface area contributed by atoms with Crippen LogP contribution in [0.25, 0.3) is 0 Å². The van der Waals surface area contributed by atoms with Crippen molar-refractivity contribution in [1.82, 2.24) is 4.98 Å². The lowest BCUT2D eigenvalue weighted by atomic mass is 9.99. The molecule has 0 radical (unpaired) electrons. The Morgan fingerprint density at radius 3 is 2.54 bits per heavy atom. The quantitative estimate of drug-likeness (QED) is 0.549. The van der Waals surface area contributed by atoms with Gasteiger partial charge in [-0.2, -0.15) is 26.3 Å². The number of methoxy groups -OCH3 is 1. The van der Waals surface area contributed by atoms with Gasteiger partial charge in [-0.25, -0.2) is 9.37 Å². The highest BCUT2D eigenvalue weighted by molar-refractivity contribution is 7.84. The van der Waals surface area contributed by atoms with Crippen LogP contribution in [0.2, 0.25) is 0 Å². The van der Waals surface area contributed by atoms with Crippen LogP contribution in [0.5, 0.6) is 5.75 Å². The van der Waals surface area contributed by atoms with Gasteiger partial charge in [0.2, 0.25) is 11.7 Å². The number of amides is 1. The average Bonchev–Trinajstić information content (AvgIpc) is 3.18. The molecule has 35 heavy (non-hydrogen) atoms. The summed E-state index contributed by atoms with van der Waals surface area (Å²) in [5.41, 5.74) is -3.62. The molecule has 0 saturated carbocycles. The number of hydrogen-bond acceptors (Lipinski definition) is 6. The van der Waals surface area contributed by atoms with Crippen LogP contribution in [-0.4, -0.2) is 59.4 Å². The number of carbonyl (C=O) groups is 1. The van der Waals surface area contributed by atoms with Crippen molar-refractivity contribution in [3.63, 3.8) is 0 Å². The highest BCUT2D eigenvalue weighted by Crippen LogP contribution is 2.47. The Morgan fingerprint density at radius 1 is 1.29 bits per heavy atom. The number of pyridine rings is 1. The van der Waals surface area contributed by atoms with E-state index in [0.29, 0.717) is 11.0 Å². The second-order valence-electron chi connectivity index (χ2n) is 7.46. The van der Waals surface area contributed by atoms with E-state index in [1.54, 1.807) is 0 Å². The minimum absolute atomic E-state index is 0.0337. The van der Waals surface area contributed by atoms with Crippen molar-refractivity contribution in [3.05, 3.63) is 42.1 Å². The molecular weight excluding hydrogens is 511 g/mol. The number of anilines is 2. The fourth-order valence-corrected chi connectivity index (χ4v) is 4.15. The van der Waals surface area contributed by atoms with Gasteiger partial charge >= 0.3 is 12.8 Å². The number of hydrogen-bond donors (Lipinski definition) is 1. The smallest absolute Gasteiger partial charge is 0.419 e. The summed E-state index contributed by atoms with van der Waals surface area (Å²) in [6.45, 7) is -4.75. The van der Waals surface area contributed by atoms with Crippen LogP contribution < -0.4 is 15.0 Å². The summed E-state index contributed by atoms with van der Waals surface area (Å²) in [7, 11) is -0.789. The van der Waals surface area contributed by atoms with Gasteiger partial charge in [0, 0.05) is 31.7 Å². The molecule has 1 saturated heterocycles. The Bertz CT molecular complexity index is 1130. The fraction of sp³-hybridized carbons (Fsp3) is 0.400. The van der Waals surface area contributed by atoms with Gasteiger partial charge in [-0.3, -0.25) is 9.00 Å². The van der Waals surface area contributed by atoms with E-state index in [2.05, 4.69) is 15.0 Å². The summed E-state index contributed by atoms with van der Waals surface area (Å²) >= 11 is 0. The van der Waals surface area contributed by atoms with Crippen molar-refractivity contribution in [2.75, 3.05) is 30.1 Å². The van der Waals surface area contributed by atoms with Crippen molar-refractivity contribution in [2.45, 2.75) is 35.9 Å². The van der Waals surface area contributed by atoms with Crippen LogP contribution in [0.1, 0.15) is 6.42 Å². The van der Waals surface area contributed by atoms with Gasteiger partial charge in [0.1, 0.15) is 11.1 Å². The maximum atomic E-state index is 14.3. The molecule has 3 unspecified atom stereocenters. The maximum absolute atomic E-state index is 14.3. The summed E-state index contributed by atoms with van der Waals surface area (Å²) in [6.07, 6.45) is -3.52. The number of alkyl halides is 5. The van der Waals surface area contributed by atoms with Crippen LogP contribution in [-0.2, 0) is 20.3 Å². The molecule has 2 aromatic rings. The molecule has 7 nitrogen and oxygen atoms in total. The lowest BCUT2D eigenvalue weighted by molar-refractivity contribution is -0.261. The number of aromatic nitrogens is 1. The molecule has 0 bridgehead atoms. The SMILES string of the molecule is COC1(C(F)(F)F)CC(C(=O)Nc2ccnc(S(C)=O)c2)N(c2ccc(F)c(F)c2OC(F)F)C1. The monoisotopic (exact) mass is 529 g/mol. The summed E-state index contributed by atoms with van der Waals surface area (Å²) in [6, 6.07) is 1.99. The molecule has 0 aliphatic carbocycles. The molecule has 2 heterocycles. The largest absolute Gasteiger partial charge is 0.429 e. The molecule has 1 aliphatic rings. The molecule has 192 valence electrons. The van der Waals surface area contributed by atoms with E-state index in [-0.39, 0.29) is 10.7 Å². The molecule has 0 spiro atoms. The minimum Gasteiger partial charge on any atom is -0.429 e. The second kappa shape index (κ2) is 9.97. The first-order valence-electron chi connectivity index (χ1n) is 9.71. The second-order valence-corrected chi connectivity index (χ2v) is 8.78. The molecule has 1 aromatic heterocycles. The van der Waals surface area contributed by atoms with Crippen molar-refractivity contribution in [3.8, 4) is 5.75 Å². The van der Waals surface area contributed by atoms with E-state index in [1.165, 1.54) is 24.6 Å². The first-order valence-corrected chi connectivity index (χ1v) is 11.3. The number of carbonyl (C=O) groups excluding carboxylic acids is 1. The van der Waals surface area contributed by atoms with Gasteiger partial charge in [0.05, 0.1) is 23.0 Å². The highest BCUT2D eigenvalue weighted by atomic mass is 32.2. The fourth-order valence-electron chi connectivity index (χ4n) is 3.65. The average molecular weight is 529 g/mol. The highest BCUT2D eigenvalue weighted by Gasteiger charge is 2.63. The lowest BCUT2D eigenvalue weighted by Crippen LogP contribution is -2.49. The van der Waals surface area contributed by atoms with E-state index in [0.717, 1.165) is 13.2 Å². The molecular formula is C20H18F7N3O4S. The Balaban J connectivity index is 2.08. The van der Waals surface area contributed by atoms with Crippen LogP contribution in [0.15, 0.2) is 35.5 Å². The molecule has 15 heteroatoms. The van der Waals surface area contributed by atoms with Crippen molar-refractivity contribution >= 4 is 28.1 Å². The normalized spacial score (nSPS) is 21.3. The number of nitrogens with one attached hydrogen (secondary N) is 1. The summed E-state index contributed by atoms with van der Waals surface area (Å²) in [4.78, 5) is 17.6. The number of benzene rings is 1. The zero-order valence-corrected chi connectivity index (χ0v) is 18.9. The van der Waals surface area contributed by atoms with Crippen molar-refractivity contribution < 1.29 is 49.2 Å². The Morgan fingerprint density at radius 2 is 1.97 bits per heavy atom. The van der Waals surface area contributed by atoms with E-state index >= 15 is 0 Å². The zero-order chi connectivity index (χ0) is 26.1. The number of nitrogens with zero attached hydrogens (tertiary/aromatic N) is 2. The van der Waals surface area contributed by atoms with Crippen LogP contribution >= 0.6 is 0 Å². The van der Waals surface area contributed by atoms with Gasteiger partial charge in [-0.1, -0.05) is 0 Å². The van der Waals surface area contributed by atoms with E-state index in [9.17, 15) is 39.7 Å². The van der Waals surface area contributed by atoms with Crippen molar-refractivity contribution in [2.24, 2.45) is 0 Å². The van der Waals surface area contributed by atoms with Gasteiger partial charge in [0.25, 0.3) is 0 Å². The third-order valence-corrected chi connectivity index (χ3v) is 6.19. The predicted octanol–water partition coefficient (Wildman–Crippen LogP) is 3.86. The molecule has 1 amide bonds. The van der Waals surface area contributed by atoms with Gasteiger partial charge in [0.15, 0.2) is 17.2 Å². The van der Waals surface area contributed by atoms with Gasteiger partial charge in [-0.15, -0.1) is 0 Å². The van der Waals surface area contributed by atoms with Gasteiger partial charge < -0.3 is 19.7 Å². The first kappa shape index (κ1) is 26.7. The van der Waals surface area contributed by atoms with Crippen LogP contribution in [0.4, 0.5) is 42.1 Å². The van der Waals surface area contributed by atoms with Gasteiger partial charge in [-0.05, 0) is 24.3 Å². The molecule has 3 atom stereocenters. The Kier molecular flexibility index (Phi) is 7.59. The topological polar surface area (TPSA) is 80.8 Å². The molecule has 1 aliphatic heterocycles. The molecule has 3 rings (SSSR count). The van der Waals surface area contributed by atoms with Crippen LogP contribution in [0, 0.1) is 11.6 Å².